The van der Waals surface area contributed by atoms with Crippen molar-refractivity contribution in [2.45, 2.75) is 19.3 Å². The molecule has 0 N–H and O–H groups in total. The van der Waals surface area contributed by atoms with Crippen molar-refractivity contribution in [3.8, 4) is 33.7 Å². The van der Waals surface area contributed by atoms with E-state index in [-0.39, 0.29) is 5.41 Å². The van der Waals surface area contributed by atoms with Gasteiger partial charge >= 0.3 is 0 Å². The van der Waals surface area contributed by atoms with Crippen molar-refractivity contribution < 1.29 is 13.3 Å². The Balaban J connectivity index is 0.961. The van der Waals surface area contributed by atoms with Gasteiger partial charge in [-0.2, -0.15) is 0 Å². The number of fused-ring (bicyclic) bond motifs is 10. The molecule has 1 aliphatic carbocycles. The number of aromatic nitrogens is 1. The van der Waals surface area contributed by atoms with Gasteiger partial charge in [0, 0.05) is 61.7 Å². The fraction of sp³-hybridized carbons (Fsp3) is 0.0577. The highest BCUT2D eigenvalue weighted by molar-refractivity contribution is 6.10. The van der Waals surface area contributed by atoms with Crippen LogP contribution < -0.4 is 4.90 Å². The zero-order valence-corrected chi connectivity index (χ0v) is 31.3. The minimum absolute atomic E-state index is 0.0719. The summed E-state index contributed by atoms with van der Waals surface area (Å²) >= 11 is 0. The number of hydrogen-bond acceptors (Lipinski definition) is 5. The predicted molar refractivity (Wildman–Crippen MR) is 232 cm³/mol. The molecule has 0 fully saturated rings. The Morgan fingerprint density at radius 2 is 1.05 bits per heavy atom. The molecule has 0 saturated heterocycles. The number of furan rings is 2. The van der Waals surface area contributed by atoms with Gasteiger partial charge in [0.2, 0.25) is 5.89 Å². The van der Waals surface area contributed by atoms with Gasteiger partial charge in [0.1, 0.15) is 27.8 Å². The molecular formula is C52H34N2O3. The summed E-state index contributed by atoms with van der Waals surface area (Å²) in [5.41, 5.74) is 16.4. The number of benzene rings is 8. The number of anilines is 3. The Labute approximate surface area is 328 Å². The molecule has 8 aromatic carbocycles. The molecule has 5 nitrogen and oxygen atoms in total. The molecule has 5 heteroatoms. The van der Waals surface area contributed by atoms with Crippen LogP contribution in [0.25, 0.3) is 88.7 Å². The van der Waals surface area contributed by atoms with Crippen LogP contribution in [0.3, 0.4) is 0 Å². The largest absolute Gasteiger partial charge is 0.456 e. The third-order valence-electron chi connectivity index (χ3n) is 11.9. The number of oxazole rings is 1. The zero-order chi connectivity index (χ0) is 37.8. The third-order valence-corrected chi connectivity index (χ3v) is 11.9. The standard InChI is InChI=1S/C52H34N2O3/c1-52(2)43-14-8-6-12-37(43)40-27-35(22-24-44(40)52)54(36-21-23-39-38-13-7-9-15-46(38)55-48(39)28-36)34-19-16-31(17-20-34)33-18-25-47-41(26-33)42-29-50-45(30-49(42)56-47)53-51(57-50)32-10-4-3-5-11-32/h3-30H,1-2H3. The molecule has 0 bridgehead atoms. The third kappa shape index (κ3) is 4.85. The average Bonchev–Trinajstić information content (AvgIpc) is 4.00. The Morgan fingerprint density at radius 3 is 1.93 bits per heavy atom. The van der Waals surface area contributed by atoms with Crippen molar-refractivity contribution in [3.05, 3.63) is 181 Å². The van der Waals surface area contributed by atoms with Crippen LogP contribution in [0.15, 0.2) is 183 Å². The molecule has 0 radical (unpaired) electrons. The van der Waals surface area contributed by atoms with Gasteiger partial charge in [0.15, 0.2) is 5.58 Å². The minimum atomic E-state index is -0.0719. The molecule has 12 rings (SSSR count). The number of rotatable bonds is 5. The Morgan fingerprint density at radius 1 is 0.404 bits per heavy atom. The van der Waals surface area contributed by atoms with Gasteiger partial charge in [-0.25, -0.2) is 4.98 Å². The van der Waals surface area contributed by atoms with E-state index in [0.717, 1.165) is 88.7 Å². The normalized spacial score (nSPS) is 13.2. The van der Waals surface area contributed by atoms with Gasteiger partial charge in [-0.1, -0.05) is 98.8 Å². The molecule has 0 aliphatic heterocycles. The number of nitrogens with zero attached hydrogens (tertiary/aromatic N) is 2. The molecule has 0 saturated carbocycles. The highest BCUT2D eigenvalue weighted by Gasteiger charge is 2.35. The van der Waals surface area contributed by atoms with Crippen molar-refractivity contribution in [1.29, 1.82) is 0 Å². The van der Waals surface area contributed by atoms with Gasteiger partial charge < -0.3 is 18.2 Å². The average molecular weight is 735 g/mol. The van der Waals surface area contributed by atoms with Gasteiger partial charge in [0.05, 0.1) is 0 Å². The van der Waals surface area contributed by atoms with Gasteiger partial charge in [-0.05, 0) is 106 Å². The highest BCUT2D eigenvalue weighted by atomic mass is 16.4. The van der Waals surface area contributed by atoms with Gasteiger partial charge in [-0.15, -0.1) is 0 Å². The molecule has 3 heterocycles. The lowest BCUT2D eigenvalue weighted by atomic mass is 9.82. The van der Waals surface area contributed by atoms with Crippen LogP contribution in [0.5, 0.6) is 0 Å². The van der Waals surface area contributed by atoms with Crippen molar-refractivity contribution in [2.24, 2.45) is 0 Å². The first-order valence-corrected chi connectivity index (χ1v) is 19.3. The fourth-order valence-corrected chi connectivity index (χ4v) is 9.03. The maximum absolute atomic E-state index is 6.40. The fourth-order valence-electron chi connectivity index (χ4n) is 9.03. The van der Waals surface area contributed by atoms with Crippen LogP contribution in [-0.2, 0) is 5.41 Å². The lowest BCUT2D eigenvalue weighted by Crippen LogP contribution is -2.15. The summed E-state index contributed by atoms with van der Waals surface area (Å²) in [6.07, 6.45) is 0. The van der Waals surface area contributed by atoms with E-state index in [1.807, 2.05) is 48.5 Å². The van der Waals surface area contributed by atoms with Crippen LogP contribution in [0, 0.1) is 0 Å². The molecule has 3 aromatic heterocycles. The van der Waals surface area contributed by atoms with E-state index < -0.39 is 0 Å². The molecule has 0 spiro atoms. The van der Waals surface area contributed by atoms with Crippen molar-refractivity contribution in [3.63, 3.8) is 0 Å². The van der Waals surface area contributed by atoms with Crippen molar-refractivity contribution in [2.75, 3.05) is 4.90 Å². The molecule has 1 aliphatic rings. The lowest BCUT2D eigenvalue weighted by molar-refractivity contribution is 0.620. The molecule has 57 heavy (non-hydrogen) atoms. The summed E-state index contributed by atoms with van der Waals surface area (Å²) in [5, 5.41) is 4.27. The van der Waals surface area contributed by atoms with E-state index in [0.29, 0.717) is 5.89 Å². The van der Waals surface area contributed by atoms with Crippen LogP contribution >= 0.6 is 0 Å². The first-order chi connectivity index (χ1) is 28.0. The van der Waals surface area contributed by atoms with Crippen LogP contribution in [0.2, 0.25) is 0 Å². The zero-order valence-electron chi connectivity index (χ0n) is 31.3. The van der Waals surface area contributed by atoms with E-state index in [1.54, 1.807) is 0 Å². The first kappa shape index (κ1) is 31.9. The van der Waals surface area contributed by atoms with E-state index >= 15 is 0 Å². The maximum atomic E-state index is 6.40. The van der Waals surface area contributed by atoms with E-state index in [1.165, 1.54) is 22.3 Å². The van der Waals surface area contributed by atoms with Crippen LogP contribution in [-0.4, -0.2) is 4.98 Å². The van der Waals surface area contributed by atoms with E-state index in [4.69, 9.17) is 18.2 Å². The molecule has 270 valence electrons. The first-order valence-electron chi connectivity index (χ1n) is 19.3. The SMILES string of the molecule is CC1(C)c2ccccc2-c2cc(N(c3ccc(-c4ccc5oc6cc7nc(-c8ccccc8)oc7cc6c5c4)cc3)c3ccc4c(c3)oc3ccccc34)ccc21. The summed E-state index contributed by atoms with van der Waals surface area (Å²) in [6.45, 7) is 4.65. The van der Waals surface area contributed by atoms with Gasteiger partial charge in [-0.3, -0.25) is 0 Å². The van der Waals surface area contributed by atoms with Crippen molar-refractivity contribution in [1.82, 2.24) is 4.98 Å². The highest BCUT2D eigenvalue weighted by Crippen LogP contribution is 2.51. The quantitative estimate of drug-likeness (QED) is 0.176. The van der Waals surface area contributed by atoms with Crippen LogP contribution in [0.1, 0.15) is 25.0 Å². The smallest absolute Gasteiger partial charge is 0.227 e. The van der Waals surface area contributed by atoms with Gasteiger partial charge in [0.25, 0.3) is 0 Å². The second kappa shape index (κ2) is 11.8. The van der Waals surface area contributed by atoms with Crippen LogP contribution in [0.4, 0.5) is 17.1 Å². The number of hydrogen-bond donors (Lipinski definition) is 0. The molecule has 0 unspecified atom stereocenters. The molecule has 0 amide bonds. The van der Waals surface area contributed by atoms with E-state index in [2.05, 4.69) is 140 Å². The summed E-state index contributed by atoms with van der Waals surface area (Å²) in [5.74, 6) is 0.600. The topological polar surface area (TPSA) is 55.6 Å². The molecule has 0 atom stereocenters. The minimum Gasteiger partial charge on any atom is -0.456 e. The Bertz CT molecular complexity index is 3380. The Hall–Kier alpha value is -7.37. The predicted octanol–water partition coefficient (Wildman–Crippen LogP) is 14.7. The van der Waals surface area contributed by atoms with Crippen molar-refractivity contribution >= 4 is 72.0 Å². The molecular weight excluding hydrogens is 701 g/mol. The summed E-state index contributed by atoms with van der Waals surface area (Å²) in [6, 6.07) is 59.8. The monoisotopic (exact) mass is 734 g/mol. The number of para-hydroxylation sites is 1. The summed E-state index contributed by atoms with van der Waals surface area (Å²) < 4.78 is 19.0. The maximum Gasteiger partial charge on any atom is 0.227 e. The summed E-state index contributed by atoms with van der Waals surface area (Å²) in [4.78, 5) is 7.09. The van der Waals surface area contributed by atoms with E-state index in [9.17, 15) is 0 Å². The Kier molecular flexibility index (Phi) is 6.62. The second-order valence-corrected chi connectivity index (χ2v) is 15.6. The molecule has 11 aromatic rings. The second-order valence-electron chi connectivity index (χ2n) is 15.6. The summed E-state index contributed by atoms with van der Waals surface area (Å²) in [7, 11) is 0. The lowest BCUT2D eigenvalue weighted by Gasteiger charge is -2.27.